The van der Waals surface area contributed by atoms with Crippen LogP contribution in [0, 0.1) is 29.1 Å². The summed E-state index contributed by atoms with van der Waals surface area (Å²) in [6, 6.07) is 0. The maximum atomic E-state index is 12.7. The maximum Gasteiger partial charge on any atom is 0.190 e. The molecule has 1 aliphatic heterocycles. The highest BCUT2D eigenvalue weighted by atomic mass is 16.5. The van der Waals surface area contributed by atoms with Gasteiger partial charge in [-0.3, -0.25) is 4.79 Å². The van der Waals surface area contributed by atoms with Crippen LogP contribution in [0.15, 0.2) is 23.3 Å². The molecule has 7 heteroatoms. The van der Waals surface area contributed by atoms with Crippen molar-refractivity contribution in [1.29, 1.82) is 0 Å². The molecular formula is C24H36O7. The van der Waals surface area contributed by atoms with Gasteiger partial charge in [-0.1, -0.05) is 32.9 Å². The van der Waals surface area contributed by atoms with E-state index in [1.807, 2.05) is 13.8 Å². The first-order valence-corrected chi connectivity index (χ1v) is 11.3. The van der Waals surface area contributed by atoms with E-state index in [1.165, 1.54) is 12.8 Å². The molecule has 5 rings (SSSR count). The number of ketones is 1. The number of rotatable bonds is 1. The molecule has 2 saturated carbocycles. The Hall–Kier alpha value is -1.09. The Kier molecular flexibility index (Phi) is 5.36. The highest BCUT2D eigenvalue weighted by Crippen LogP contribution is 2.74. The number of fused-ring (bicyclic) bond motifs is 5. The molecule has 8 atom stereocenters. The van der Waals surface area contributed by atoms with Crippen molar-refractivity contribution in [2.75, 3.05) is 19.8 Å². The second kappa shape index (κ2) is 7.20. The summed E-state index contributed by atoms with van der Waals surface area (Å²) in [5.74, 6) is -3.14. The standard InChI is InChI=1S/C20H28O6.C4H8O/c1-9-5-13-18(24,15(9)22)7-11(8-21)6-12-14-17(3,4)20(14,26)16(23)10(2)19(12,13)25;1-2-4-5-3-1/h5-6,10,12-14,16,21,23-26H,7-8H2,1-4H3;1-4H2/t10-,12+,13-,14-,16-,18-,19-,20-;/m1./s1. The van der Waals surface area contributed by atoms with Crippen LogP contribution in [-0.2, 0) is 9.53 Å². The summed E-state index contributed by atoms with van der Waals surface area (Å²) in [4.78, 5) is 12.7. The first kappa shape index (κ1) is 23.1. The van der Waals surface area contributed by atoms with Gasteiger partial charge in [-0.2, -0.15) is 0 Å². The van der Waals surface area contributed by atoms with Gasteiger partial charge in [0.25, 0.3) is 0 Å². The van der Waals surface area contributed by atoms with Gasteiger partial charge >= 0.3 is 0 Å². The lowest BCUT2D eigenvalue weighted by Gasteiger charge is -2.51. The molecule has 1 heterocycles. The molecule has 4 aliphatic carbocycles. The SMILES string of the molecule is C1CCOC1.CC1=C[C@H]2[C@@]3(O)[C@H](C)[C@@H](O)[C@]4(O)[C@H]([C@@H]3C=C(CO)C[C@]2(O)C1=O)C4(C)C. The second-order valence-corrected chi connectivity index (χ2v) is 10.7. The van der Waals surface area contributed by atoms with Gasteiger partial charge in [-0.25, -0.2) is 0 Å². The van der Waals surface area contributed by atoms with Crippen LogP contribution in [0.25, 0.3) is 0 Å². The van der Waals surface area contributed by atoms with Gasteiger partial charge in [0.15, 0.2) is 5.78 Å². The Morgan fingerprint density at radius 1 is 1.13 bits per heavy atom. The number of hydrogen-bond acceptors (Lipinski definition) is 7. The minimum Gasteiger partial charge on any atom is -0.392 e. The van der Waals surface area contributed by atoms with E-state index in [1.54, 1.807) is 26.0 Å². The lowest BCUT2D eigenvalue weighted by molar-refractivity contribution is -0.209. The van der Waals surface area contributed by atoms with Crippen LogP contribution in [0.4, 0.5) is 0 Å². The van der Waals surface area contributed by atoms with E-state index >= 15 is 0 Å². The van der Waals surface area contributed by atoms with Gasteiger partial charge in [0.1, 0.15) is 11.2 Å². The molecule has 0 aromatic heterocycles. The average Bonchev–Trinajstić information content (AvgIpc) is 3.16. The van der Waals surface area contributed by atoms with Crippen molar-refractivity contribution in [3.05, 3.63) is 23.3 Å². The number of carbonyl (C=O) groups excluding carboxylic acids is 1. The summed E-state index contributed by atoms with van der Waals surface area (Å²) in [6.45, 7) is 8.63. The van der Waals surface area contributed by atoms with Crippen molar-refractivity contribution < 1.29 is 35.1 Å². The number of carbonyl (C=O) groups is 1. The van der Waals surface area contributed by atoms with E-state index in [9.17, 15) is 30.3 Å². The van der Waals surface area contributed by atoms with E-state index in [0.717, 1.165) is 13.2 Å². The fourth-order valence-electron chi connectivity index (χ4n) is 6.96. The van der Waals surface area contributed by atoms with Crippen LogP contribution in [0.2, 0.25) is 0 Å². The maximum absolute atomic E-state index is 12.7. The van der Waals surface area contributed by atoms with Gasteiger partial charge < -0.3 is 30.3 Å². The van der Waals surface area contributed by atoms with Crippen LogP contribution in [-0.4, -0.2) is 74.0 Å². The molecule has 5 N–H and O–H groups in total. The van der Waals surface area contributed by atoms with Crippen LogP contribution in [0.1, 0.15) is 47.0 Å². The highest BCUT2D eigenvalue weighted by molar-refractivity contribution is 6.04. The number of Topliss-reactive ketones (excluding diaryl/α,β-unsaturated/α-hetero) is 1. The summed E-state index contributed by atoms with van der Waals surface area (Å²) in [5, 5.41) is 54.9. The normalized spacial score (nSPS) is 49.6. The smallest absolute Gasteiger partial charge is 0.190 e. The minimum absolute atomic E-state index is 0.0615. The van der Waals surface area contributed by atoms with Crippen molar-refractivity contribution in [1.82, 2.24) is 0 Å². The molecule has 0 unspecified atom stereocenters. The zero-order chi connectivity index (χ0) is 23.0. The van der Waals surface area contributed by atoms with E-state index < -0.39 is 57.8 Å². The topological polar surface area (TPSA) is 127 Å². The largest absolute Gasteiger partial charge is 0.392 e. The van der Waals surface area contributed by atoms with Crippen molar-refractivity contribution in [3.8, 4) is 0 Å². The number of aliphatic hydroxyl groups is 5. The summed E-state index contributed by atoms with van der Waals surface area (Å²) >= 11 is 0. The zero-order valence-corrected chi connectivity index (χ0v) is 18.8. The fraction of sp³-hybridized carbons (Fsp3) is 0.792. The first-order valence-electron chi connectivity index (χ1n) is 11.3. The van der Waals surface area contributed by atoms with Gasteiger partial charge in [-0.05, 0) is 30.9 Å². The fourth-order valence-corrected chi connectivity index (χ4v) is 6.96. The Labute approximate surface area is 183 Å². The van der Waals surface area contributed by atoms with E-state index in [2.05, 4.69) is 0 Å². The molecule has 0 amide bonds. The molecule has 0 aromatic rings. The van der Waals surface area contributed by atoms with Crippen LogP contribution in [0.3, 0.4) is 0 Å². The second-order valence-electron chi connectivity index (χ2n) is 10.7. The molecule has 0 radical (unpaired) electrons. The van der Waals surface area contributed by atoms with Gasteiger partial charge in [0.2, 0.25) is 0 Å². The van der Waals surface area contributed by atoms with E-state index in [0.29, 0.717) is 11.1 Å². The lowest BCUT2D eigenvalue weighted by Crippen LogP contribution is -2.65. The van der Waals surface area contributed by atoms with Crippen molar-refractivity contribution in [2.24, 2.45) is 29.1 Å². The van der Waals surface area contributed by atoms with Crippen molar-refractivity contribution in [3.63, 3.8) is 0 Å². The molecule has 0 aromatic carbocycles. The molecule has 7 nitrogen and oxygen atoms in total. The molecule has 5 aliphatic rings. The Balaban J connectivity index is 0.000000407. The van der Waals surface area contributed by atoms with E-state index in [4.69, 9.17) is 4.74 Å². The molecule has 1 saturated heterocycles. The summed E-state index contributed by atoms with van der Waals surface area (Å²) < 4.78 is 4.94. The zero-order valence-electron chi connectivity index (χ0n) is 18.8. The van der Waals surface area contributed by atoms with Gasteiger partial charge in [0, 0.05) is 48.7 Å². The lowest BCUT2D eigenvalue weighted by atomic mass is 9.59. The van der Waals surface area contributed by atoms with Crippen molar-refractivity contribution in [2.45, 2.75) is 69.9 Å². The quantitative estimate of drug-likeness (QED) is 0.383. The molecule has 0 bridgehead atoms. The van der Waals surface area contributed by atoms with Crippen LogP contribution < -0.4 is 0 Å². The summed E-state index contributed by atoms with van der Waals surface area (Å²) in [7, 11) is 0. The first-order chi connectivity index (χ1) is 14.4. The van der Waals surface area contributed by atoms with E-state index in [-0.39, 0.29) is 13.0 Å². The number of hydrogen-bond donors (Lipinski definition) is 5. The summed E-state index contributed by atoms with van der Waals surface area (Å²) in [5.41, 5.74) is -4.57. The van der Waals surface area contributed by atoms with Crippen LogP contribution in [0.5, 0.6) is 0 Å². The predicted octanol–water partition coefficient (Wildman–Crippen LogP) is 0.727. The third kappa shape index (κ3) is 2.84. The number of ether oxygens (including phenoxy) is 1. The summed E-state index contributed by atoms with van der Waals surface area (Å²) in [6.07, 6.45) is 4.64. The third-order valence-electron chi connectivity index (χ3n) is 8.87. The number of aliphatic hydroxyl groups excluding tert-OH is 2. The minimum atomic E-state index is -1.84. The molecule has 0 spiro atoms. The molecule has 3 fully saturated rings. The monoisotopic (exact) mass is 436 g/mol. The molecule has 31 heavy (non-hydrogen) atoms. The highest BCUT2D eigenvalue weighted by Gasteiger charge is 2.84. The molecule has 174 valence electrons. The third-order valence-corrected chi connectivity index (χ3v) is 8.87. The van der Waals surface area contributed by atoms with Crippen molar-refractivity contribution >= 4 is 5.78 Å². The van der Waals surface area contributed by atoms with Crippen LogP contribution >= 0.6 is 0 Å². The molecular weight excluding hydrogens is 400 g/mol. The van der Waals surface area contributed by atoms with Gasteiger partial charge in [-0.15, -0.1) is 0 Å². The Morgan fingerprint density at radius 2 is 1.74 bits per heavy atom. The average molecular weight is 437 g/mol. The predicted molar refractivity (Wildman–Crippen MR) is 113 cm³/mol. The Bertz CT molecular complexity index is 820. The Morgan fingerprint density at radius 3 is 2.26 bits per heavy atom. The van der Waals surface area contributed by atoms with Gasteiger partial charge in [0.05, 0.1) is 18.3 Å².